The molecule has 0 aliphatic carbocycles. The first-order chi connectivity index (χ1) is 9.88. The molecule has 7 heteroatoms. The lowest BCUT2D eigenvalue weighted by Crippen LogP contribution is -2.15. The normalized spacial score (nSPS) is 10.2. The Bertz CT molecular complexity index is 731. The standard InChI is InChI=1S/C14H12FN3O3/c1-7-5-10(8(2)18-17-7)13(19)16-9-3-4-12(15)11(6-9)14(20)21/h3-6H,1-2H3,(H,16,19)(H,20,21). The summed E-state index contributed by atoms with van der Waals surface area (Å²) >= 11 is 0. The minimum absolute atomic E-state index is 0.188. The second kappa shape index (κ2) is 5.66. The molecule has 1 aromatic heterocycles. The number of aromatic nitrogens is 2. The van der Waals surface area contributed by atoms with Gasteiger partial charge in [-0.25, -0.2) is 9.18 Å². The molecule has 0 aliphatic heterocycles. The van der Waals surface area contributed by atoms with E-state index in [9.17, 15) is 14.0 Å². The van der Waals surface area contributed by atoms with Gasteiger partial charge in [-0.05, 0) is 38.1 Å². The van der Waals surface area contributed by atoms with Crippen molar-refractivity contribution in [3.63, 3.8) is 0 Å². The van der Waals surface area contributed by atoms with Gasteiger partial charge in [0.2, 0.25) is 0 Å². The summed E-state index contributed by atoms with van der Waals surface area (Å²) in [5, 5.41) is 19.0. The second-order valence-corrected chi connectivity index (χ2v) is 4.44. The Hall–Kier alpha value is -2.83. The summed E-state index contributed by atoms with van der Waals surface area (Å²) in [4.78, 5) is 23.0. The lowest BCUT2D eigenvalue weighted by atomic mass is 10.1. The maximum Gasteiger partial charge on any atom is 0.338 e. The molecule has 0 aliphatic rings. The van der Waals surface area contributed by atoms with E-state index in [1.54, 1.807) is 19.9 Å². The fourth-order valence-electron chi connectivity index (χ4n) is 1.75. The predicted octanol–water partition coefficient (Wildman–Crippen LogP) is 2.18. The van der Waals surface area contributed by atoms with E-state index >= 15 is 0 Å². The minimum atomic E-state index is -1.40. The molecule has 0 radical (unpaired) electrons. The SMILES string of the molecule is Cc1cc(C(=O)Nc2ccc(F)c(C(=O)O)c2)c(C)nn1. The number of aryl methyl sites for hydroxylation is 2. The van der Waals surface area contributed by atoms with Crippen LogP contribution in [-0.4, -0.2) is 27.2 Å². The molecule has 0 spiro atoms. The molecule has 1 heterocycles. The van der Waals surface area contributed by atoms with E-state index in [0.717, 1.165) is 12.1 Å². The predicted molar refractivity (Wildman–Crippen MR) is 72.8 cm³/mol. The quantitative estimate of drug-likeness (QED) is 0.903. The maximum atomic E-state index is 13.3. The first-order valence-electron chi connectivity index (χ1n) is 6.03. The fraction of sp³-hybridized carbons (Fsp3) is 0.143. The van der Waals surface area contributed by atoms with Gasteiger partial charge in [-0.2, -0.15) is 10.2 Å². The Kier molecular flexibility index (Phi) is 3.93. The number of nitrogens with zero attached hydrogens (tertiary/aromatic N) is 2. The van der Waals surface area contributed by atoms with Gasteiger partial charge in [-0.1, -0.05) is 0 Å². The zero-order chi connectivity index (χ0) is 15.6. The third-order valence-corrected chi connectivity index (χ3v) is 2.80. The van der Waals surface area contributed by atoms with Gasteiger partial charge in [0.05, 0.1) is 22.5 Å². The highest BCUT2D eigenvalue weighted by Crippen LogP contribution is 2.16. The van der Waals surface area contributed by atoms with Crippen molar-refractivity contribution in [1.29, 1.82) is 0 Å². The topological polar surface area (TPSA) is 92.2 Å². The lowest BCUT2D eigenvalue weighted by molar-refractivity contribution is 0.0691. The van der Waals surface area contributed by atoms with E-state index in [-0.39, 0.29) is 5.69 Å². The van der Waals surface area contributed by atoms with Crippen molar-refractivity contribution in [2.75, 3.05) is 5.32 Å². The summed E-state index contributed by atoms with van der Waals surface area (Å²) in [6.07, 6.45) is 0. The van der Waals surface area contributed by atoms with Crippen molar-refractivity contribution >= 4 is 17.6 Å². The summed E-state index contributed by atoms with van der Waals surface area (Å²) in [5.74, 6) is -2.73. The average molecular weight is 289 g/mol. The fourth-order valence-corrected chi connectivity index (χ4v) is 1.75. The van der Waals surface area contributed by atoms with Crippen LogP contribution in [0.4, 0.5) is 10.1 Å². The molecular formula is C14H12FN3O3. The highest BCUT2D eigenvalue weighted by atomic mass is 19.1. The Balaban J connectivity index is 2.29. The molecule has 0 fully saturated rings. The number of carbonyl (C=O) groups is 2. The van der Waals surface area contributed by atoms with Gasteiger partial charge in [0, 0.05) is 5.69 Å². The van der Waals surface area contributed by atoms with E-state index in [4.69, 9.17) is 5.11 Å². The molecule has 2 rings (SSSR count). The van der Waals surface area contributed by atoms with Gasteiger partial charge >= 0.3 is 5.97 Å². The molecule has 1 aromatic carbocycles. The van der Waals surface area contributed by atoms with Crippen LogP contribution in [0.5, 0.6) is 0 Å². The maximum absolute atomic E-state index is 13.3. The van der Waals surface area contributed by atoms with Crippen LogP contribution >= 0.6 is 0 Å². The van der Waals surface area contributed by atoms with Gasteiger partial charge in [0.15, 0.2) is 0 Å². The van der Waals surface area contributed by atoms with Crippen LogP contribution in [0.1, 0.15) is 32.1 Å². The summed E-state index contributed by atoms with van der Waals surface area (Å²) in [6.45, 7) is 3.33. The average Bonchev–Trinajstić information content (AvgIpc) is 2.43. The number of aromatic carboxylic acids is 1. The number of hydrogen-bond donors (Lipinski definition) is 2. The first kappa shape index (κ1) is 14.6. The number of carboxylic acids is 1. The monoisotopic (exact) mass is 289 g/mol. The first-order valence-corrected chi connectivity index (χ1v) is 6.03. The van der Waals surface area contributed by atoms with Gasteiger partial charge in [-0.15, -0.1) is 0 Å². The Morgan fingerprint density at radius 1 is 1.14 bits per heavy atom. The molecule has 0 saturated carbocycles. The van der Waals surface area contributed by atoms with Gasteiger partial charge in [0.25, 0.3) is 5.91 Å². The summed E-state index contributed by atoms with van der Waals surface area (Å²) in [5.41, 5.74) is 1.03. The number of carbonyl (C=O) groups excluding carboxylic acids is 1. The smallest absolute Gasteiger partial charge is 0.338 e. The Morgan fingerprint density at radius 3 is 2.52 bits per heavy atom. The third-order valence-electron chi connectivity index (χ3n) is 2.80. The molecular weight excluding hydrogens is 277 g/mol. The van der Waals surface area contributed by atoms with Crippen molar-refractivity contribution in [1.82, 2.24) is 10.2 Å². The number of anilines is 1. The summed E-state index contributed by atoms with van der Waals surface area (Å²) in [6, 6.07) is 4.91. The van der Waals surface area contributed by atoms with Crippen molar-refractivity contribution < 1.29 is 19.1 Å². The van der Waals surface area contributed by atoms with Crippen LogP contribution in [0.25, 0.3) is 0 Å². The number of nitrogens with one attached hydrogen (secondary N) is 1. The molecule has 0 atom stereocenters. The molecule has 0 unspecified atom stereocenters. The molecule has 6 nitrogen and oxygen atoms in total. The van der Waals surface area contributed by atoms with Crippen LogP contribution in [-0.2, 0) is 0 Å². The largest absolute Gasteiger partial charge is 0.478 e. The van der Waals surface area contributed by atoms with Crippen molar-refractivity contribution in [3.05, 3.63) is 52.6 Å². The summed E-state index contributed by atoms with van der Waals surface area (Å²) in [7, 11) is 0. The minimum Gasteiger partial charge on any atom is -0.478 e. The van der Waals surface area contributed by atoms with Gasteiger partial charge in [-0.3, -0.25) is 4.79 Å². The number of rotatable bonds is 3. The molecule has 0 saturated heterocycles. The van der Waals surface area contributed by atoms with E-state index < -0.39 is 23.3 Å². The number of halogens is 1. The molecule has 2 N–H and O–H groups in total. The second-order valence-electron chi connectivity index (χ2n) is 4.44. The molecule has 108 valence electrons. The molecule has 21 heavy (non-hydrogen) atoms. The van der Waals surface area contributed by atoms with E-state index in [0.29, 0.717) is 17.0 Å². The van der Waals surface area contributed by atoms with Crippen LogP contribution in [0.2, 0.25) is 0 Å². The molecule has 2 aromatic rings. The van der Waals surface area contributed by atoms with Crippen molar-refractivity contribution in [2.24, 2.45) is 0 Å². The zero-order valence-electron chi connectivity index (χ0n) is 11.3. The highest BCUT2D eigenvalue weighted by Gasteiger charge is 2.14. The van der Waals surface area contributed by atoms with Crippen molar-refractivity contribution in [3.8, 4) is 0 Å². The highest BCUT2D eigenvalue weighted by molar-refractivity contribution is 6.05. The number of hydrogen-bond acceptors (Lipinski definition) is 4. The molecule has 1 amide bonds. The lowest BCUT2D eigenvalue weighted by Gasteiger charge is -2.08. The van der Waals surface area contributed by atoms with E-state index in [1.807, 2.05) is 0 Å². The Morgan fingerprint density at radius 2 is 1.86 bits per heavy atom. The van der Waals surface area contributed by atoms with Crippen LogP contribution in [0.3, 0.4) is 0 Å². The zero-order valence-corrected chi connectivity index (χ0v) is 11.3. The van der Waals surface area contributed by atoms with Gasteiger partial charge < -0.3 is 10.4 Å². The third kappa shape index (κ3) is 3.19. The van der Waals surface area contributed by atoms with Crippen LogP contribution in [0, 0.1) is 19.7 Å². The number of carboxylic acid groups (broad SMARTS) is 1. The van der Waals surface area contributed by atoms with Crippen molar-refractivity contribution in [2.45, 2.75) is 13.8 Å². The number of benzene rings is 1. The van der Waals surface area contributed by atoms with Gasteiger partial charge in [0.1, 0.15) is 5.82 Å². The van der Waals surface area contributed by atoms with Crippen LogP contribution in [0.15, 0.2) is 24.3 Å². The Labute approximate surface area is 119 Å². The van der Waals surface area contributed by atoms with E-state index in [2.05, 4.69) is 15.5 Å². The number of amides is 1. The molecule has 0 bridgehead atoms. The van der Waals surface area contributed by atoms with E-state index in [1.165, 1.54) is 6.07 Å². The van der Waals surface area contributed by atoms with Crippen LogP contribution < -0.4 is 5.32 Å². The summed E-state index contributed by atoms with van der Waals surface area (Å²) < 4.78 is 13.3.